The number of rotatable bonds is 19. The molecule has 1 aliphatic heterocycles. The molecule has 546 valence electrons. The number of aryl methyl sites for hydroxylation is 4. The van der Waals surface area contributed by atoms with Gasteiger partial charge in [-0.1, -0.05) is 73.6 Å². The Kier molecular flexibility index (Phi) is 30.3. The zero-order chi connectivity index (χ0) is 75.7. The van der Waals surface area contributed by atoms with E-state index in [9.17, 15) is 60.5 Å². The summed E-state index contributed by atoms with van der Waals surface area (Å²) in [5.41, 5.74) is 4.16. The monoisotopic (exact) mass is 1490 g/mol. The first-order chi connectivity index (χ1) is 46.1. The summed E-state index contributed by atoms with van der Waals surface area (Å²) in [4.78, 5) is 9.65. The van der Waals surface area contributed by atoms with E-state index in [1.54, 1.807) is 130 Å². The van der Waals surface area contributed by atoms with Gasteiger partial charge in [-0.15, -0.1) is 0 Å². The van der Waals surface area contributed by atoms with Crippen LogP contribution in [0.2, 0.25) is 0 Å². The fraction of sp³-hybridized carbons (Fsp3) is 0.415. The van der Waals surface area contributed by atoms with E-state index in [4.69, 9.17) is 14.7 Å². The summed E-state index contributed by atoms with van der Waals surface area (Å²) in [5, 5.41) is 17.1. The Labute approximate surface area is 588 Å². The number of allylic oxidation sites excluding steroid dienone is 1. The van der Waals surface area contributed by atoms with Crippen LogP contribution < -0.4 is 22.8 Å². The van der Waals surface area contributed by atoms with Crippen molar-refractivity contribution in [3.05, 3.63) is 177 Å². The van der Waals surface area contributed by atoms with E-state index in [2.05, 4.69) is 28.8 Å². The number of benzene rings is 3. The minimum atomic E-state index is -4.61. The summed E-state index contributed by atoms with van der Waals surface area (Å²) in [5.74, 6) is -0.615. The van der Waals surface area contributed by atoms with E-state index in [1.807, 2.05) is 133 Å². The fourth-order valence-electron chi connectivity index (χ4n) is 9.46. The Bertz CT molecular complexity index is 4740. The summed E-state index contributed by atoms with van der Waals surface area (Å²) in [6.07, 6.45) is 33.1. The van der Waals surface area contributed by atoms with Crippen molar-refractivity contribution in [3.8, 4) is 11.4 Å². The zero-order valence-corrected chi connectivity index (χ0v) is 63.4. The molecule has 1 aliphatic rings. The molecule has 8 aromatic rings. The normalized spacial score (nSPS) is 13.3. The van der Waals surface area contributed by atoms with Gasteiger partial charge in [-0.2, -0.15) is 38.2 Å². The molecule has 0 amide bonds. The minimum Gasteiger partial charge on any atom is -0.478 e. The van der Waals surface area contributed by atoms with Gasteiger partial charge in [0.25, 0.3) is 30.4 Å². The molecular weight excluding hydrogens is 1390 g/mol. The fourth-order valence-corrected chi connectivity index (χ4v) is 13.2. The Morgan fingerprint density at radius 1 is 0.560 bits per heavy atom. The molecule has 9 rings (SSSR count). The van der Waals surface area contributed by atoms with Gasteiger partial charge in [-0.3, -0.25) is 18.2 Å². The molecule has 5 aromatic heterocycles. The van der Waals surface area contributed by atoms with Crippen LogP contribution in [0.25, 0.3) is 11.4 Å². The second kappa shape index (κ2) is 36.0. The molecule has 6 heterocycles. The molecule has 0 radical (unpaired) electrons. The maximum atomic E-state index is 12.2. The van der Waals surface area contributed by atoms with Gasteiger partial charge in [-0.05, 0) is 78.6 Å². The Morgan fingerprint density at radius 3 is 1.44 bits per heavy atom. The SMILES string of the molecule is CC(C)C(OS(=O)(=O)O)n1cc[n+](C)c1.CC(C)[N+]1=CCC(=BO)C=C1.CC(C)c1cc(S(C)(=O)=O)c(-n2cc[n+](C)c2)c(S(=O)(=O)O)c1.CC(C)c1ccc(-n2cc[n+](C)c2)c(S(=O)(=O)O)c1.CC(C)c1ccc(Cn2cc[n+](C)c2)c(S(=O)(=O)O)c1.CC(C)n1cc[n+](CC(=O)O)c1. The van der Waals surface area contributed by atoms with E-state index in [0.29, 0.717) is 35.4 Å². The van der Waals surface area contributed by atoms with Crippen LogP contribution in [0, 0.1) is 5.92 Å². The van der Waals surface area contributed by atoms with Crippen molar-refractivity contribution in [2.75, 3.05) is 6.26 Å². The van der Waals surface area contributed by atoms with Crippen LogP contribution in [0.4, 0.5) is 0 Å². The maximum Gasteiger partial charge on any atom is 0.346 e. The largest absolute Gasteiger partial charge is 0.478 e. The van der Waals surface area contributed by atoms with Crippen molar-refractivity contribution in [1.82, 2.24) is 22.8 Å². The third-order valence-corrected chi connectivity index (χ3v) is 19.1. The molecule has 0 saturated carbocycles. The molecule has 100 heavy (non-hydrogen) atoms. The molecule has 0 spiro atoms. The molecule has 0 aliphatic carbocycles. The van der Waals surface area contributed by atoms with E-state index in [1.165, 1.54) is 35.3 Å². The smallest absolute Gasteiger partial charge is 0.346 e. The third kappa shape index (κ3) is 26.4. The number of hydrogen-bond donors (Lipinski definition) is 6. The number of hydrogen-bond acceptors (Lipinski definition) is 13. The number of aromatic nitrogens is 10. The summed E-state index contributed by atoms with van der Waals surface area (Å²) in [6.45, 7) is 23.9. The molecular formula is C65H96BN11O18S5+6. The zero-order valence-electron chi connectivity index (χ0n) is 59.3. The number of sulfone groups is 1. The van der Waals surface area contributed by atoms with Crippen LogP contribution in [0.3, 0.4) is 0 Å². The van der Waals surface area contributed by atoms with Gasteiger partial charge in [0.15, 0.2) is 27.8 Å². The van der Waals surface area contributed by atoms with Crippen molar-refractivity contribution in [1.29, 1.82) is 0 Å². The second-order valence-electron chi connectivity index (χ2n) is 25.5. The van der Waals surface area contributed by atoms with Gasteiger partial charge < -0.3 is 5.11 Å². The van der Waals surface area contributed by atoms with E-state index in [-0.39, 0.29) is 50.6 Å². The van der Waals surface area contributed by atoms with Crippen molar-refractivity contribution < 1.29 is 107 Å². The first-order valence-corrected chi connectivity index (χ1v) is 38.9. The average molecular weight is 1490 g/mol. The van der Waals surface area contributed by atoms with Crippen LogP contribution in [0.1, 0.15) is 142 Å². The topological polar surface area (TPSA) is 365 Å². The van der Waals surface area contributed by atoms with Crippen LogP contribution in [-0.2, 0) is 101 Å². The van der Waals surface area contributed by atoms with Gasteiger partial charge in [0.2, 0.25) is 37.9 Å². The number of carboxylic acid groups (broad SMARTS) is 1. The Morgan fingerprint density at radius 2 is 1.04 bits per heavy atom. The molecule has 1 unspecified atom stereocenters. The summed E-state index contributed by atoms with van der Waals surface area (Å²) in [6, 6.07) is 14.0. The molecule has 0 saturated heterocycles. The molecule has 3 aromatic carbocycles. The molecule has 0 bridgehead atoms. The number of carboxylic acids is 1. The Hall–Kier alpha value is -8.13. The molecule has 1 atom stereocenters. The predicted molar refractivity (Wildman–Crippen MR) is 373 cm³/mol. The molecule has 29 nitrogen and oxygen atoms in total. The maximum absolute atomic E-state index is 12.2. The van der Waals surface area contributed by atoms with Gasteiger partial charge in [0.05, 0.1) is 34.2 Å². The minimum absolute atomic E-state index is 0.0138. The second-order valence-corrected chi connectivity index (χ2v) is 32.7. The summed E-state index contributed by atoms with van der Waals surface area (Å²) >= 11 is 0. The van der Waals surface area contributed by atoms with Gasteiger partial charge in [0, 0.05) is 17.7 Å². The van der Waals surface area contributed by atoms with Crippen LogP contribution >= 0.6 is 0 Å². The van der Waals surface area contributed by atoms with E-state index in [0.717, 1.165) is 36.4 Å². The molecule has 6 N–H and O–H groups in total. The number of imidazole rings is 5. The van der Waals surface area contributed by atoms with Crippen LogP contribution in [-0.4, -0.2) is 135 Å². The number of carbonyl (C=O) groups is 1. The predicted octanol–water partition coefficient (Wildman–Crippen LogP) is 5.39. The van der Waals surface area contributed by atoms with E-state index < -0.39 is 67.7 Å². The van der Waals surface area contributed by atoms with Crippen LogP contribution in [0.5, 0.6) is 0 Å². The van der Waals surface area contributed by atoms with Crippen molar-refractivity contribution >= 4 is 75.4 Å². The quantitative estimate of drug-likeness (QED) is 0.0336. The van der Waals surface area contributed by atoms with Gasteiger partial charge in [0.1, 0.15) is 88.1 Å². The first kappa shape index (κ1) is 84.3. The number of aliphatic carboxylic acids is 1. The Balaban J connectivity index is 0.000000259. The van der Waals surface area contributed by atoms with Crippen molar-refractivity contribution in [3.63, 3.8) is 0 Å². The van der Waals surface area contributed by atoms with Crippen molar-refractivity contribution in [2.45, 2.75) is 158 Å². The molecule has 35 heteroatoms. The summed E-state index contributed by atoms with van der Waals surface area (Å²) < 4.78 is 176. The number of nitrogens with zero attached hydrogens (tertiary/aromatic N) is 11. The average Bonchev–Trinajstić information content (AvgIpc) is 1.28. The van der Waals surface area contributed by atoms with E-state index >= 15 is 0 Å². The van der Waals surface area contributed by atoms with Gasteiger partial charge >= 0.3 is 83.4 Å². The van der Waals surface area contributed by atoms with Crippen molar-refractivity contribution in [2.24, 2.45) is 34.1 Å². The third-order valence-electron chi connectivity index (χ3n) is 14.9. The summed E-state index contributed by atoms with van der Waals surface area (Å²) in [7, 11) is -12.8. The first-order valence-electron chi connectivity index (χ1n) is 31.3. The van der Waals surface area contributed by atoms with Gasteiger partial charge in [-0.25, -0.2) is 58.5 Å². The standard InChI is InChI=1S/C14H18N2O5S2.C14H18N2O3S.C13H16N2O3S.C8H13BNO.C8H14N2O4S.C8H12N2O2/c1-10(2)11-7-12(22(4,17)18)14(13(8-11)23(19,20)21)16-6-5-15(3)9-16;1-11(2)12-4-5-13(14(8-12)20(17,18)19)9-16-7-6-15(3)10-16;1-10(2)11-4-5-12(13(8-11)19(16,17)18)15-7-6-14(3)9-15;1-7(2)10-5-3-8(9-11)4-6-10;1-7(2)8(14-15(11,12)13)10-5-4-9(3)6-10;1-7(2)10-4-3-9(6-10)5-8(11)12/h5-10H,1-4H3;4-8,10-11H,9H2,1-3H3;4-10H,1-3H3;3,5-7,11H,4H2,1-2H3;4-8H,1-3H3;3-4,6-7H,5H2,1-2H3/q;;;+1;;/p+5. The van der Waals surface area contributed by atoms with Crippen LogP contribution in [0.15, 0.2) is 174 Å². The molecule has 0 fully saturated rings.